The van der Waals surface area contributed by atoms with Gasteiger partial charge in [0.25, 0.3) is 0 Å². The van der Waals surface area contributed by atoms with Crippen LogP contribution in [0.15, 0.2) is 29.2 Å². The SMILES string of the molecule is CN1C(=O)C(C)(C)Sc2ccccc21. The largest absolute Gasteiger partial charge is 0.313 e. The Morgan fingerprint density at radius 3 is 2.64 bits per heavy atom. The molecule has 0 unspecified atom stereocenters. The Balaban J connectivity index is 2.53. The van der Waals surface area contributed by atoms with Gasteiger partial charge in [0.1, 0.15) is 0 Å². The van der Waals surface area contributed by atoms with Gasteiger partial charge < -0.3 is 4.90 Å². The summed E-state index contributed by atoms with van der Waals surface area (Å²) in [6.07, 6.45) is 0. The molecule has 1 aromatic rings. The Kier molecular flexibility index (Phi) is 2.07. The third-order valence-corrected chi connectivity index (χ3v) is 3.66. The number of thioether (sulfide) groups is 1. The molecular weight excluding hydrogens is 194 g/mol. The zero-order chi connectivity index (χ0) is 10.3. The van der Waals surface area contributed by atoms with Gasteiger partial charge in [-0.2, -0.15) is 0 Å². The first-order valence-electron chi connectivity index (χ1n) is 4.58. The van der Waals surface area contributed by atoms with Crippen LogP contribution in [-0.2, 0) is 4.79 Å². The lowest BCUT2D eigenvalue weighted by Gasteiger charge is -2.35. The van der Waals surface area contributed by atoms with Crippen LogP contribution in [-0.4, -0.2) is 17.7 Å². The molecule has 0 N–H and O–H groups in total. The van der Waals surface area contributed by atoms with Crippen LogP contribution in [0.5, 0.6) is 0 Å². The highest BCUT2D eigenvalue weighted by Gasteiger charge is 2.37. The van der Waals surface area contributed by atoms with E-state index in [1.54, 1.807) is 16.7 Å². The van der Waals surface area contributed by atoms with Crippen LogP contribution >= 0.6 is 11.8 Å². The highest BCUT2D eigenvalue weighted by Crippen LogP contribution is 2.43. The average Bonchev–Trinajstić information content (AvgIpc) is 2.14. The van der Waals surface area contributed by atoms with E-state index in [0.29, 0.717) is 0 Å². The van der Waals surface area contributed by atoms with Gasteiger partial charge in [0.15, 0.2) is 0 Å². The summed E-state index contributed by atoms with van der Waals surface area (Å²) in [4.78, 5) is 14.8. The molecule has 1 aromatic carbocycles. The Hall–Kier alpha value is -0.960. The lowest BCUT2D eigenvalue weighted by Crippen LogP contribution is -2.44. The maximum Gasteiger partial charge on any atom is 0.242 e. The number of benzene rings is 1. The number of fused-ring (bicyclic) bond motifs is 1. The van der Waals surface area contributed by atoms with Crippen molar-refractivity contribution in [2.24, 2.45) is 0 Å². The van der Waals surface area contributed by atoms with Crippen molar-refractivity contribution in [1.82, 2.24) is 0 Å². The normalized spacial score (nSPS) is 19.4. The van der Waals surface area contributed by atoms with E-state index < -0.39 is 0 Å². The van der Waals surface area contributed by atoms with Crippen molar-refractivity contribution in [3.05, 3.63) is 24.3 Å². The maximum absolute atomic E-state index is 11.9. The van der Waals surface area contributed by atoms with Crippen LogP contribution < -0.4 is 4.90 Å². The van der Waals surface area contributed by atoms with Gasteiger partial charge >= 0.3 is 0 Å². The topological polar surface area (TPSA) is 20.3 Å². The van der Waals surface area contributed by atoms with Crippen molar-refractivity contribution in [3.63, 3.8) is 0 Å². The predicted octanol–water partition coefficient (Wildman–Crippen LogP) is 2.53. The zero-order valence-electron chi connectivity index (χ0n) is 8.57. The van der Waals surface area contributed by atoms with Gasteiger partial charge in [-0.05, 0) is 26.0 Å². The van der Waals surface area contributed by atoms with E-state index in [1.807, 2.05) is 39.1 Å². The molecule has 14 heavy (non-hydrogen) atoms. The third-order valence-electron chi connectivity index (χ3n) is 2.41. The van der Waals surface area contributed by atoms with Gasteiger partial charge in [0, 0.05) is 11.9 Å². The molecule has 0 atom stereocenters. The van der Waals surface area contributed by atoms with E-state index in [-0.39, 0.29) is 10.7 Å². The van der Waals surface area contributed by atoms with Crippen LogP contribution in [0, 0.1) is 0 Å². The third kappa shape index (κ3) is 1.32. The smallest absolute Gasteiger partial charge is 0.242 e. The first kappa shape index (κ1) is 9.59. The fourth-order valence-electron chi connectivity index (χ4n) is 1.65. The molecule has 0 radical (unpaired) electrons. The minimum absolute atomic E-state index is 0.168. The number of hydrogen-bond donors (Lipinski definition) is 0. The van der Waals surface area contributed by atoms with Crippen molar-refractivity contribution in [2.45, 2.75) is 23.5 Å². The molecular formula is C11H13NOS. The van der Waals surface area contributed by atoms with Gasteiger partial charge in [-0.15, -0.1) is 11.8 Å². The van der Waals surface area contributed by atoms with Crippen LogP contribution in [0.25, 0.3) is 0 Å². The standard InChI is InChI=1S/C11H13NOS/c1-11(2)10(13)12(3)8-6-4-5-7-9(8)14-11/h4-7H,1-3H3. The maximum atomic E-state index is 11.9. The van der Waals surface area contributed by atoms with E-state index >= 15 is 0 Å². The predicted molar refractivity (Wildman–Crippen MR) is 59.8 cm³/mol. The number of hydrogen-bond acceptors (Lipinski definition) is 2. The number of para-hydroxylation sites is 1. The van der Waals surface area contributed by atoms with Gasteiger partial charge in [0.2, 0.25) is 5.91 Å². The summed E-state index contributed by atoms with van der Waals surface area (Å²) in [5, 5.41) is 0. The molecule has 2 rings (SSSR count). The lowest BCUT2D eigenvalue weighted by molar-refractivity contribution is -0.120. The molecule has 0 saturated carbocycles. The Bertz CT molecular complexity index is 387. The van der Waals surface area contributed by atoms with E-state index in [9.17, 15) is 4.79 Å². The summed E-state index contributed by atoms with van der Waals surface area (Å²) in [6.45, 7) is 3.93. The minimum atomic E-state index is -0.344. The van der Waals surface area contributed by atoms with E-state index in [4.69, 9.17) is 0 Å². The molecule has 3 heteroatoms. The molecule has 0 aliphatic carbocycles. The molecule has 1 aliphatic heterocycles. The van der Waals surface area contributed by atoms with E-state index in [1.165, 1.54) is 4.90 Å². The number of nitrogens with zero attached hydrogens (tertiary/aromatic N) is 1. The van der Waals surface area contributed by atoms with Gasteiger partial charge in [-0.1, -0.05) is 12.1 Å². The van der Waals surface area contributed by atoms with E-state index in [0.717, 1.165) is 5.69 Å². The fraction of sp³-hybridized carbons (Fsp3) is 0.364. The molecule has 74 valence electrons. The molecule has 0 fully saturated rings. The molecule has 2 nitrogen and oxygen atoms in total. The Morgan fingerprint density at radius 1 is 1.29 bits per heavy atom. The average molecular weight is 207 g/mol. The summed E-state index contributed by atoms with van der Waals surface area (Å²) in [7, 11) is 1.84. The number of anilines is 1. The highest BCUT2D eigenvalue weighted by molar-refractivity contribution is 8.01. The van der Waals surface area contributed by atoms with Crippen molar-refractivity contribution < 1.29 is 4.79 Å². The number of amides is 1. The van der Waals surface area contributed by atoms with Gasteiger partial charge in [-0.25, -0.2) is 0 Å². The summed E-state index contributed by atoms with van der Waals surface area (Å²) in [6, 6.07) is 8.01. The summed E-state index contributed by atoms with van der Waals surface area (Å²) in [5.74, 6) is 0.168. The summed E-state index contributed by atoms with van der Waals surface area (Å²) < 4.78 is -0.344. The van der Waals surface area contributed by atoms with Gasteiger partial charge in [0.05, 0.1) is 10.4 Å². The number of carbonyl (C=O) groups is 1. The van der Waals surface area contributed by atoms with Gasteiger partial charge in [-0.3, -0.25) is 4.79 Å². The molecule has 1 amide bonds. The fourth-order valence-corrected chi connectivity index (χ4v) is 2.88. The highest BCUT2D eigenvalue weighted by atomic mass is 32.2. The van der Waals surface area contributed by atoms with E-state index in [2.05, 4.69) is 6.07 Å². The molecule has 1 heterocycles. The molecule has 0 aromatic heterocycles. The molecule has 0 bridgehead atoms. The summed E-state index contributed by atoms with van der Waals surface area (Å²) in [5.41, 5.74) is 1.02. The minimum Gasteiger partial charge on any atom is -0.313 e. The number of rotatable bonds is 0. The Labute approximate surface area is 88.3 Å². The molecule has 0 saturated heterocycles. The zero-order valence-corrected chi connectivity index (χ0v) is 9.39. The van der Waals surface area contributed by atoms with Crippen LogP contribution in [0.1, 0.15) is 13.8 Å². The number of carbonyl (C=O) groups excluding carboxylic acids is 1. The van der Waals surface area contributed by atoms with Crippen LogP contribution in [0.3, 0.4) is 0 Å². The molecule has 1 aliphatic rings. The van der Waals surface area contributed by atoms with Crippen molar-refractivity contribution in [3.8, 4) is 0 Å². The van der Waals surface area contributed by atoms with Crippen molar-refractivity contribution in [1.29, 1.82) is 0 Å². The van der Waals surface area contributed by atoms with Crippen LogP contribution in [0.2, 0.25) is 0 Å². The summed E-state index contributed by atoms with van der Waals surface area (Å²) >= 11 is 1.63. The first-order valence-corrected chi connectivity index (χ1v) is 5.40. The van der Waals surface area contributed by atoms with Crippen molar-refractivity contribution >= 4 is 23.4 Å². The lowest BCUT2D eigenvalue weighted by atomic mass is 10.1. The van der Waals surface area contributed by atoms with Crippen molar-refractivity contribution in [2.75, 3.05) is 11.9 Å². The monoisotopic (exact) mass is 207 g/mol. The quantitative estimate of drug-likeness (QED) is 0.651. The Morgan fingerprint density at radius 2 is 1.93 bits per heavy atom. The first-order chi connectivity index (χ1) is 6.52. The second-order valence-corrected chi connectivity index (χ2v) is 5.61. The molecule has 0 spiro atoms. The van der Waals surface area contributed by atoms with Crippen LogP contribution in [0.4, 0.5) is 5.69 Å². The second kappa shape index (κ2) is 3.02. The second-order valence-electron chi connectivity index (χ2n) is 3.94.